The molecule has 0 aliphatic carbocycles. The van der Waals surface area contributed by atoms with E-state index >= 15 is 0 Å². The van der Waals surface area contributed by atoms with Gasteiger partial charge in [0.1, 0.15) is 0 Å². The highest BCUT2D eigenvalue weighted by molar-refractivity contribution is 8.01. The van der Waals surface area contributed by atoms with Gasteiger partial charge in [0.2, 0.25) is 9.87 Å². The molecule has 0 heterocycles. The van der Waals surface area contributed by atoms with E-state index in [2.05, 4.69) is 37.5 Å². The van der Waals surface area contributed by atoms with Gasteiger partial charge in [-0.15, -0.1) is 0 Å². The molecule has 2 aromatic carbocycles. The van der Waals surface area contributed by atoms with E-state index in [1.54, 1.807) is 0 Å². The summed E-state index contributed by atoms with van der Waals surface area (Å²) < 4.78 is 12.1. The molecule has 4 nitrogen and oxygen atoms in total. The van der Waals surface area contributed by atoms with Crippen LogP contribution in [-0.4, -0.2) is 11.9 Å². The van der Waals surface area contributed by atoms with Crippen LogP contribution in [0.1, 0.15) is 103 Å². The van der Waals surface area contributed by atoms with Gasteiger partial charge in [0.25, 0.3) is 0 Å². The molecule has 0 aliphatic rings. The average Bonchev–Trinajstić information content (AvgIpc) is 2.92. The third-order valence-electron chi connectivity index (χ3n) is 5.99. The van der Waals surface area contributed by atoms with Gasteiger partial charge < -0.3 is 9.47 Å². The Labute approximate surface area is 239 Å². The number of carbonyl (C=O) groups excluding carboxylic acids is 2. The molecule has 0 aliphatic heterocycles. The van der Waals surface area contributed by atoms with Gasteiger partial charge >= 0.3 is 11.9 Å². The first-order valence-electron chi connectivity index (χ1n) is 14.1. The van der Waals surface area contributed by atoms with Crippen LogP contribution in [0.3, 0.4) is 0 Å². The Hall–Kier alpha value is -3.15. The van der Waals surface area contributed by atoms with Crippen LogP contribution in [-0.2, 0) is 28.9 Å². The summed E-state index contributed by atoms with van der Waals surface area (Å²) in [5.74, 6) is 12.1. The zero-order valence-electron chi connectivity index (χ0n) is 23.9. The van der Waals surface area contributed by atoms with Crippen molar-refractivity contribution >= 4 is 23.7 Å². The minimum absolute atomic E-state index is 0.482. The van der Waals surface area contributed by atoms with Crippen molar-refractivity contribution in [2.24, 2.45) is 0 Å². The normalized spacial score (nSPS) is 13.4. The number of hydrogen-bond donors (Lipinski definition) is 0. The second-order valence-electron chi connectivity index (χ2n) is 9.48. The first-order valence-corrected chi connectivity index (χ1v) is 14.9. The van der Waals surface area contributed by atoms with Crippen molar-refractivity contribution in [1.82, 2.24) is 0 Å². The average molecular weight is 547 g/mol. The van der Waals surface area contributed by atoms with Crippen LogP contribution in [0.4, 0.5) is 0 Å². The monoisotopic (exact) mass is 546 g/mol. The van der Waals surface area contributed by atoms with Gasteiger partial charge in [0, 0.05) is 37.8 Å². The lowest BCUT2D eigenvalue weighted by Gasteiger charge is -2.36. The maximum Gasteiger partial charge on any atom is 0.305 e. The predicted octanol–water partition coefficient (Wildman–Crippen LogP) is 8.50. The van der Waals surface area contributed by atoms with E-state index in [9.17, 15) is 9.59 Å². The van der Waals surface area contributed by atoms with E-state index < -0.39 is 21.8 Å². The molecule has 2 rings (SSSR count). The van der Waals surface area contributed by atoms with Crippen LogP contribution in [0.15, 0.2) is 60.7 Å². The Morgan fingerprint density at radius 2 is 1.03 bits per heavy atom. The third kappa shape index (κ3) is 10.9. The highest BCUT2D eigenvalue weighted by atomic mass is 32.2. The molecule has 2 aromatic rings. The van der Waals surface area contributed by atoms with Gasteiger partial charge in [0.05, 0.1) is 0 Å². The number of rotatable bonds is 14. The molecule has 2 atom stereocenters. The molecule has 0 aromatic heterocycles. The number of hydrogen-bond acceptors (Lipinski definition) is 5. The molecular formula is C34H42O4S. The molecule has 5 heteroatoms. The summed E-state index contributed by atoms with van der Waals surface area (Å²) in [5, 5.41) is 0. The molecule has 39 heavy (non-hydrogen) atoms. The Morgan fingerprint density at radius 3 is 1.36 bits per heavy atom. The lowest BCUT2D eigenvalue weighted by Crippen LogP contribution is -2.36. The molecule has 0 N–H and O–H groups in total. The summed E-state index contributed by atoms with van der Waals surface area (Å²) in [6.45, 7) is 7.09. The maximum atomic E-state index is 12.6. The summed E-state index contributed by atoms with van der Waals surface area (Å²) in [5.41, 5.74) is 1.37. The van der Waals surface area contributed by atoms with E-state index in [1.165, 1.54) is 13.8 Å². The summed E-state index contributed by atoms with van der Waals surface area (Å²) >= 11 is 1.15. The number of benzene rings is 2. The summed E-state index contributed by atoms with van der Waals surface area (Å²) in [4.78, 5) is 22.2. The molecule has 208 valence electrons. The molecule has 0 amide bonds. The fraction of sp³-hybridized carbons (Fsp3) is 0.471. The maximum absolute atomic E-state index is 12.6. The number of ether oxygens (including phenoxy) is 2. The Bertz CT molecular complexity index is 1050. The molecule has 0 fully saturated rings. The van der Waals surface area contributed by atoms with E-state index in [1.807, 2.05) is 60.7 Å². The summed E-state index contributed by atoms with van der Waals surface area (Å²) in [6, 6.07) is 18.8. The fourth-order valence-electron chi connectivity index (χ4n) is 4.08. The predicted molar refractivity (Wildman–Crippen MR) is 160 cm³/mol. The molecule has 0 saturated carbocycles. The molecule has 0 radical (unpaired) electrons. The summed E-state index contributed by atoms with van der Waals surface area (Å²) in [6.07, 6.45) is 10.0. The van der Waals surface area contributed by atoms with Crippen LogP contribution in [0.5, 0.6) is 0 Å². The van der Waals surface area contributed by atoms with Crippen LogP contribution in [0, 0.1) is 23.7 Å². The largest absolute Gasteiger partial charge is 0.432 e. The molecular weight excluding hydrogens is 504 g/mol. The van der Waals surface area contributed by atoms with E-state index in [-0.39, 0.29) is 0 Å². The lowest BCUT2D eigenvalue weighted by molar-refractivity contribution is -0.147. The van der Waals surface area contributed by atoms with Crippen LogP contribution >= 0.6 is 11.8 Å². The first kappa shape index (κ1) is 32.1. The van der Waals surface area contributed by atoms with Crippen molar-refractivity contribution in [1.29, 1.82) is 0 Å². The standard InChI is InChI=1S/C34H42O4S/c1-5-7-9-11-13-21-27-33(37-29(3)35,31-23-17-15-18-24-31)39-34(38-30(4)36,32-25-19-16-20-26-32)28-22-14-12-10-8-6-2/h15-20,23-26H,5-14H2,1-4H3. The van der Waals surface area contributed by atoms with E-state index in [0.29, 0.717) is 24.0 Å². The summed E-state index contributed by atoms with van der Waals surface area (Å²) in [7, 11) is 0. The first-order chi connectivity index (χ1) is 18.9. The highest BCUT2D eigenvalue weighted by Crippen LogP contribution is 2.51. The highest BCUT2D eigenvalue weighted by Gasteiger charge is 2.48. The minimum Gasteiger partial charge on any atom is -0.432 e. The second-order valence-corrected chi connectivity index (χ2v) is 10.8. The number of unbranched alkanes of at least 4 members (excludes halogenated alkanes) is 8. The third-order valence-corrected chi connectivity index (χ3v) is 7.40. The van der Waals surface area contributed by atoms with Gasteiger partial charge in [0.15, 0.2) is 0 Å². The number of esters is 2. The van der Waals surface area contributed by atoms with Crippen molar-refractivity contribution in [2.75, 3.05) is 0 Å². The fourth-order valence-corrected chi connectivity index (χ4v) is 5.56. The van der Waals surface area contributed by atoms with Gasteiger partial charge in [-0.05, 0) is 36.4 Å². The van der Waals surface area contributed by atoms with Crippen LogP contribution in [0.25, 0.3) is 0 Å². The van der Waals surface area contributed by atoms with Gasteiger partial charge in [-0.25, -0.2) is 0 Å². The Morgan fingerprint density at radius 1 is 0.641 bits per heavy atom. The molecule has 0 bridgehead atoms. The van der Waals surface area contributed by atoms with E-state index in [4.69, 9.17) is 9.47 Å². The van der Waals surface area contributed by atoms with Gasteiger partial charge in [-0.3, -0.25) is 9.59 Å². The van der Waals surface area contributed by atoms with Gasteiger partial charge in [-0.1, -0.05) is 125 Å². The smallest absolute Gasteiger partial charge is 0.305 e. The second kappa shape index (κ2) is 17.4. The van der Waals surface area contributed by atoms with Gasteiger partial charge in [-0.2, -0.15) is 0 Å². The minimum atomic E-state index is -1.44. The van der Waals surface area contributed by atoms with Crippen molar-refractivity contribution in [2.45, 2.75) is 102 Å². The van der Waals surface area contributed by atoms with Crippen molar-refractivity contribution < 1.29 is 19.1 Å². The number of carbonyl (C=O) groups is 2. The molecule has 0 spiro atoms. The number of thioether (sulfide) groups is 1. The zero-order chi connectivity index (χ0) is 28.4. The van der Waals surface area contributed by atoms with Crippen molar-refractivity contribution in [3.8, 4) is 23.7 Å². The zero-order valence-corrected chi connectivity index (χ0v) is 24.7. The van der Waals surface area contributed by atoms with E-state index in [0.717, 1.165) is 63.1 Å². The molecule has 2 unspecified atom stereocenters. The molecule has 0 saturated heterocycles. The van der Waals surface area contributed by atoms with Crippen molar-refractivity contribution in [3.05, 3.63) is 71.8 Å². The SMILES string of the molecule is CCCCCCC#CC(OC(C)=O)(SC(C#CCCCCCC)(OC(C)=O)c1ccccc1)c1ccccc1. The van der Waals surface area contributed by atoms with Crippen LogP contribution in [0.2, 0.25) is 0 Å². The topological polar surface area (TPSA) is 52.6 Å². The van der Waals surface area contributed by atoms with Crippen LogP contribution < -0.4 is 0 Å². The Kier molecular flexibility index (Phi) is 14.3. The quantitative estimate of drug-likeness (QED) is 0.103. The lowest BCUT2D eigenvalue weighted by atomic mass is 10.1. The van der Waals surface area contributed by atoms with Crippen molar-refractivity contribution in [3.63, 3.8) is 0 Å². The Balaban J connectivity index is 2.67.